The van der Waals surface area contributed by atoms with E-state index < -0.39 is 0 Å². The number of rotatable bonds is 4. The van der Waals surface area contributed by atoms with E-state index >= 15 is 0 Å². The first-order valence-electron chi connectivity index (χ1n) is 5.32. The van der Waals surface area contributed by atoms with Crippen molar-refractivity contribution in [1.82, 2.24) is 0 Å². The number of hydrogen-bond donors (Lipinski definition) is 0. The van der Waals surface area contributed by atoms with Crippen molar-refractivity contribution in [3.05, 3.63) is 64.1 Å². The van der Waals surface area contributed by atoms with E-state index in [0.717, 1.165) is 4.90 Å². The van der Waals surface area contributed by atoms with Gasteiger partial charge in [-0.1, -0.05) is 35.3 Å². The molecule has 2 aromatic rings. The third kappa shape index (κ3) is 3.77. The lowest BCUT2D eigenvalue weighted by Gasteiger charge is -2.02. The molecule has 0 aromatic heterocycles. The van der Waals surface area contributed by atoms with Gasteiger partial charge in [0, 0.05) is 20.5 Å². The highest BCUT2D eigenvalue weighted by atomic mass is 35.5. The van der Waals surface area contributed by atoms with Crippen LogP contribution in [0.25, 0.3) is 0 Å². The summed E-state index contributed by atoms with van der Waals surface area (Å²) in [5.74, 6) is 0.458. The van der Waals surface area contributed by atoms with Crippen LogP contribution in [0.15, 0.2) is 53.4 Å². The van der Waals surface area contributed by atoms with E-state index in [2.05, 4.69) is 0 Å². The Morgan fingerprint density at radius 2 is 1.72 bits per heavy atom. The fourth-order valence-corrected chi connectivity index (χ4v) is 2.53. The van der Waals surface area contributed by atoms with Gasteiger partial charge in [0.15, 0.2) is 5.78 Å². The molecule has 0 spiro atoms. The normalized spacial score (nSPS) is 10.3. The Morgan fingerprint density at radius 3 is 2.39 bits per heavy atom. The monoisotopic (exact) mass is 296 g/mol. The van der Waals surface area contributed by atoms with E-state index in [0.29, 0.717) is 21.4 Å². The van der Waals surface area contributed by atoms with Crippen molar-refractivity contribution < 1.29 is 4.79 Å². The van der Waals surface area contributed by atoms with Crippen LogP contribution >= 0.6 is 35.0 Å². The topological polar surface area (TPSA) is 17.1 Å². The van der Waals surface area contributed by atoms with Crippen molar-refractivity contribution in [3.8, 4) is 0 Å². The molecule has 0 aliphatic carbocycles. The summed E-state index contributed by atoms with van der Waals surface area (Å²) in [6.45, 7) is 0. The molecule has 0 atom stereocenters. The second-order valence-corrected chi connectivity index (χ2v) is 5.60. The maximum atomic E-state index is 11.9. The number of hydrogen-bond acceptors (Lipinski definition) is 2. The molecule has 0 aliphatic heterocycles. The molecular weight excluding hydrogens is 287 g/mol. The van der Waals surface area contributed by atoms with Gasteiger partial charge in [-0.3, -0.25) is 4.79 Å². The summed E-state index contributed by atoms with van der Waals surface area (Å²) in [6.07, 6.45) is 0. The fourth-order valence-electron chi connectivity index (χ4n) is 1.42. The van der Waals surface area contributed by atoms with Crippen LogP contribution in [0.3, 0.4) is 0 Å². The standard InChI is InChI=1S/C14H10Cl2OS/c15-11-4-6-13(7-5-11)18-9-14(17)10-2-1-3-12(16)8-10/h1-8H,9H2. The van der Waals surface area contributed by atoms with Gasteiger partial charge >= 0.3 is 0 Å². The van der Waals surface area contributed by atoms with Crippen LogP contribution in [-0.4, -0.2) is 11.5 Å². The minimum atomic E-state index is 0.0671. The van der Waals surface area contributed by atoms with Crippen molar-refractivity contribution in [2.75, 3.05) is 5.75 Å². The second kappa shape index (κ2) is 6.28. The molecule has 0 N–H and O–H groups in total. The Balaban J connectivity index is 1.98. The van der Waals surface area contributed by atoms with Gasteiger partial charge in [-0.2, -0.15) is 0 Å². The summed E-state index contributed by atoms with van der Waals surface area (Å²) in [5.41, 5.74) is 0.643. The summed E-state index contributed by atoms with van der Waals surface area (Å²) >= 11 is 13.1. The summed E-state index contributed by atoms with van der Waals surface area (Å²) in [7, 11) is 0. The molecular formula is C14H10Cl2OS. The van der Waals surface area contributed by atoms with Crippen LogP contribution in [0.4, 0.5) is 0 Å². The maximum Gasteiger partial charge on any atom is 0.173 e. The van der Waals surface area contributed by atoms with E-state index in [1.165, 1.54) is 11.8 Å². The average Bonchev–Trinajstić information content (AvgIpc) is 2.38. The molecule has 92 valence electrons. The zero-order valence-electron chi connectivity index (χ0n) is 9.40. The van der Waals surface area contributed by atoms with Crippen molar-refractivity contribution in [2.45, 2.75) is 4.90 Å². The van der Waals surface area contributed by atoms with Gasteiger partial charge in [0.2, 0.25) is 0 Å². The zero-order valence-corrected chi connectivity index (χ0v) is 11.7. The second-order valence-electron chi connectivity index (χ2n) is 3.68. The van der Waals surface area contributed by atoms with Gasteiger partial charge in [-0.15, -0.1) is 11.8 Å². The minimum Gasteiger partial charge on any atom is -0.293 e. The highest BCUT2D eigenvalue weighted by molar-refractivity contribution is 8.00. The number of Topliss-reactive ketones (excluding diaryl/α,β-unsaturated/α-hetero) is 1. The molecule has 0 saturated carbocycles. The van der Waals surface area contributed by atoms with E-state index in [1.807, 2.05) is 24.3 Å². The summed E-state index contributed by atoms with van der Waals surface area (Å²) in [4.78, 5) is 13.0. The van der Waals surface area contributed by atoms with Gasteiger partial charge in [-0.05, 0) is 36.4 Å². The summed E-state index contributed by atoms with van der Waals surface area (Å²) in [6, 6.07) is 14.4. The summed E-state index contributed by atoms with van der Waals surface area (Å²) in [5, 5.41) is 1.28. The minimum absolute atomic E-state index is 0.0671. The number of halogens is 2. The van der Waals surface area contributed by atoms with Crippen LogP contribution in [0, 0.1) is 0 Å². The quantitative estimate of drug-likeness (QED) is 0.585. The predicted octanol–water partition coefficient (Wildman–Crippen LogP) is 4.97. The molecule has 0 aliphatic rings. The zero-order chi connectivity index (χ0) is 13.0. The number of carbonyl (C=O) groups excluding carboxylic acids is 1. The summed E-state index contributed by atoms with van der Waals surface area (Å²) < 4.78 is 0. The largest absolute Gasteiger partial charge is 0.293 e. The molecule has 0 amide bonds. The first-order chi connectivity index (χ1) is 8.65. The van der Waals surface area contributed by atoms with Gasteiger partial charge in [0.1, 0.15) is 0 Å². The Kier molecular flexibility index (Phi) is 4.70. The predicted molar refractivity (Wildman–Crippen MR) is 78.0 cm³/mol. The van der Waals surface area contributed by atoms with Crippen LogP contribution in [0.5, 0.6) is 0 Å². The lowest BCUT2D eigenvalue weighted by atomic mass is 10.1. The number of benzene rings is 2. The fraction of sp³-hybridized carbons (Fsp3) is 0.0714. The first kappa shape index (κ1) is 13.5. The molecule has 4 heteroatoms. The highest BCUT2D eigenvalue weighted by Crippen LogP contribution is 2.22. The Morgan fingerprint density at radius 1 is 1.00 bits per heavy atom. The lowest BCUT2D eigenvalue weighted by Crippen LogP contribution is -2.01. The van der Waals surface area contributed by atoms with Crippen LogP contribution in [0.1, 0.15) is 10.4 Å². The van der Waals surface area contributed by atoms with E-state index in [1.54, 1.807) is 24.3 Å². The van der Waals surface area contributed by atoms with E-state index in [-0.39, 0.29) is 5.78 Å². The number of carbonyl (C=O) groups is 1. The SMILES string of the molecule is O=C(CSc1ccc(Cl)cc1)c1cccc(Cl)c1. The van der Waals surface area contributed by atoms with Gasteiger partial charge < -0.3 is 0 Å². The maximum absolute atomic E-state index is 11.9. The smallest absolute Gasteiger partial charge is 0.173 e. The Labute approximate surface area is 120 Å². The average molecular weight is 297 g/mol. The molecule has 0 radical (unpaired) electrons. The number of ketones is 1. The first-order valence-corrected chi connectivity index (χ1v) is 7.06. The van der Waals surface area contributed by atoms with E-state index in [4.69, 9.17) is 23.2 Å². The van der Waals surface area contributed by atoms with E-state index in [9.17, 15) is 4.79 Å². The van der Waals surface area contributed by atoms with Crippen LogP contribution in [0.2, 0.25) is 10.0 Å². The molecule has 0 fully saturated rings. The Hall–Kier alpha value is -0.960. The van der Waals surface area contributed by atoms with Crippen LogP contribution in [-0.2, 0) is 0 Å². The third-order valence-corrected chi connectivity index (χ3v) is 3.83. The third-order valence-electron chi connectivity index (χ3n) is 2.33. The molecule has 18 heavy (non-hydrogen) atoms. The van der Waals surface area contributed by atoms with Crippen molar-refractivity contribution in [2.24, 2.45) is 0 Å². The van der Waals surface area contributed by atoms with Crippen molar-refractivity contribution in [1.29, 1.82) is 0 Å². The molecule has 0 saturated heterocycles. The molecule has 0 heterocycles. The van der Waals surface area contributed by atoms with Gasteiger partial charge in [-0.25, -0.2) is 0 Å². The van der Waals surface area contributed by atoms with Crippen molar-refractivity contribution >= 4 is 40.7 Å². The molecule has 0 unspecified atom stereocenters. The molecule has 0 bridgehead atoms. The lowest BCUT2D eigenvalue weighted by molar-refractivity contribution is 0.102. The highest BCUT2D eigenvalue weighted by Gasteiger charge is 2.07. The molecule has 2 rings (SSSR count). The van der Waals surface area contributed by atoms with Gasteiger partial charge in [0.05, 0.1) is 5.75 Å². The van der Waals surface area contributed by atoms with Crippen LogP contribution < -0.4 is 0 Å². The van der Waals surface area contributed by atoms with Gasteiger partial charge in [0.25, 0.3) is 0 Å². The molecule has 1 nitrogen and oxygen atoms in total. The van der Waals surface area contributed by atoms with Crippen molar-refractivity contribution in [3.63, 3.8) is 0 Å². The molecule has 2 aromatic carbocycles. The number of thioether (sulfide) groups is 1. The Bertz CT molecular complexity index is 552.